The van der Waals surface area contributed by atoms with Gasteiger partial charge in [-0.1, -0.05) is 5.16 Å². The van der Waals surface area contributed by atoms with Crippen molar-refractivity contribution < 1.29 is 4.52 Å². The third-order valence-electron chi connectivity index (χ3n) is 5.19. The van der Waals surface area contributed by atoms with Gasteiger partial charge in [-0.2, -0.15) is 11.3 Å². The lowest BCUT2D eigenvalue weighted by Crippen LogP contribution is -2.35. The second kappa shape index (κ2) is 5.80. The van der Waals surface area contributed by atoms with E-state index in [4.69, 9.17) is 4.52 Å². The number of aryl methyl sites for hydroxylation is 1. The molecule has 5 heteroatoms. The summed E-state index contributed by atoms with van der Waals surface area (Å²) < 4.78 is 5.25. The van der Waals surface area contributed by atoms with E-state index in [-0.39, 0.29) is 0 Å². The molecule has 0 amide bonds. The van der Waals surface area contributed by atoms with Crippen LogP contribution in [-0.2, 0) is 13.1 Å². The van der Waals surface area contributed by atoms with Crippen LogP contribution in [0.1, 0.15) is 36.3 Å². The van der Waals surface area contributed by atoms with Gasteiger partial charge in [0.15, 0.2) is 0 Å². The summed E-state index contributed by atoms with van der Waals surface area (Å²) in [5, 5.41) is 12.1. The molecule has 1 N–H and O–H groups in total. The number of hydrogen-bond acceptors (Lipinski definition) is 5. The van der Waals surface area contributed by atoms with E-state index in [1.807, 2.05) is 6.92 Å². The van der Waals surface area contributed by atoms with Crippen LogP contribution < -0.4 is 5.32 Å². The van der Waals surface area contributed by atoms with Crippen molar-refractivity contribution in [3.63, 3.8) is 0 Å². The minimum atomic E-state index is 0.556. The van der Waals surface area contributed by atoms with Crippen LogP contribution in [-0.4, -0.2) is 29.2 Å². The molecule has 0 aromatic carbocycles. The summed E-state index contributed by atoms with van der Waals surface area (Å²) in [5.74, 6) is 0.901. The Morgan fingerprint density at radius 1 is 1.41 bits per heavy atom. The van der Waals surface area contributed by atoms with Gasteiger partial charge in [0.2, 0.25) is 0 Å². The normalized spacial score (nSPS) is 23.3. The van der Waals surface area contributed by atoms with Gasteiger partial charge < -0.3 is 9.84 Å². The van der Waals surface area contributed by atoms with Crippen LogP contribution in [0.3, 0.4) is 0 Å². The van der Waals surface area contributed by atoms with E-state index in [0.717, 1.165) is 24.5 Å². The smallest absolute Gasteiger partial charge is 0.133 e. The zero-order valence-corrected chi connectivity index (χ0v) is 13.9. The summed E-state index contributed by atoms with van der Waals surface area (Å²) in [6, 6.07) is 5.01. The Labute approximate surface area is 135 Å². The third-order valence-corrected chi connectivity index (χ3v) is 5.93. The number of thiophene rings is 1. The zero-order chi connectivity index (χ0) is 15.0. The molecule has 2 fully saturated rings. The van der Waals surface area contributed by atoms with Crippen LogP contribution in [0.5, 0.6) is 0 Å². The number of aromatic nitrogens is 1. The highest BCUT2D eigenvalue weighted by Crippen LogP contribution is 2.56. The van der Waals surface area contributed by atoms with Gasteiger partial charge in [-0.15, -0.1) is 0 Å². The molecule has 1 unspecified atom stereocenters. The number of piperidine rings is 1. The maximum Gasteiger partial charge on any atom is 0.133 e. The van der Waals surface area contributed by atoms with E-state index in [2.05, 4.69) is 38.3 Å². The van der Waals surface area contributed by atoms with E-state index >= 15 is 0 Å². The first-order valence-corrected chi connectivity index (χ1v) is 9.08. The quantitative estimate of drug-likeness (QED) is 0.919. The van der Waals surface area contributed by atoms with Crippen LogP contribution >= 0.6 is 11.3 Å². The van der Waals surface area contributed by atoms with Crippen LogP contribution in [0.25, 0.3) is 0 Å². The molecule has 4 rings (SSSR count). The molecule has 1 saturated heterocycles. The van der Waals surface area contributed by atoms with Gasteiger partial charge in [0, 0.05) is 25.2 Å². The summed E-state index contributed by atoms with van der Waals surface area (Å²) in [6.45, 7) is 6.23. The maximum absolute atomic E-state index is 5.25. The van der Waals surface area contributed by atoms with Crippen molar-refractivity contribution in [1.82, 2.24) is 15.4 Å². The van der Waals surface area contributed by atoms with E-state index in [1.165, 1.54) is 37.9 Å². The molecule has 0 bridgehead atoms. The summed E-state index contributed by atoms with van der Waals surface area (Å²) in [4.78, 5) is 2.62. The van der Waals surface area contributed by atoms with Crippen LogP contribution in [0.15, 0.2) is 27.4 Å². The lowest BCUT2D eigenvalue weighted by Gasteiger charge is -2.29. The molecule has 2 aromatic rings. The SMILES string of the molecule is Cc1cc(CN(Cc2ccsc2)C2CC23CCNCC3)no1. The van der Waals surface area contributed by atoms with Crippen molar-refractivity contribution in [2.24, 2.45) is 5.41 Å². The lowest BCUT2D eigenvalue weighted by molar-refractivity contribution is 0.184. The van der Waals surface area contributed by atoms with Gasteiger partial charge in [0.25, 0.3) is 0 Å². The maximum atomic E-state index is 5.25. The van der Waals surface area contributed by atoms with Crippen molar-refractivity contribution in [1.29, 1.82) is 0 Å². The van der Waals surface area contributed by atoms with Crippen molar-refractivity contribution in [3.8, 4) is 0 Å². The molecule has 1 atom stereocenters. The summed E-state index contributed by atoms with van der Waals surface area (Å²) in [7, 11) is 0. The highest BCUT2D eigenvalue weighted by molar-refractivity contribution is 7.07. The molecule has 1 aliphatic carbocycles. The second-order valence-electron chi connectivity index (χ2n) is 6.80. The standard InChI is InChI=1S/C17H23N3OS/c1-13-8-15(19-21-13)11-20(10-14-2-7-22-12-14)16-9-17(16)3-5-18-6-4-17/h2,7-8,12,16,18H,3-6,9-11H2,1H3. The molecular weight excluding hydrogens is 294 g/mol. The largest absolute Gasteiger partial charge is 0.361 e. The molecule has 1 saturated carbocycles. The minimum Gasteiger partial charge on any atom is -0.361 e. The fourth-order valence-corrected chi connectivity index (χ4v) is 4.56. The van der Waals surface area contributed by atoms with E-state index in [9.17, 15) is 0 Å². The molecular formula is C17H23N3OS. The van der Waals surface area contributed by atoms with Gasteiger partial charge in [-0.3, -0.25) is 4.90 Å². The van der Waals surface area contributed by atoms with E-state index in [0.29, 0.717) is 11.5 Å². The monoisotopic (exact) mass is 317 g/mol. The Hall–Kier alpha value is -1.17. The van der Waals surface area contributed by atoms with E-state index in [1.54, 1.807) is 11.3 Å². The molecule has 4 nitrogen and oxygen atoms in total. The number of nitrogens with zero attached hydrogens (tertiary/aromatic N) is 2. The van der Waals surface area contributed by atoms with Gasteiger partial charge in [-0.25, -0.2) is 0 Å². The molecule has 0 radical (unpaired) electrons. The zero-order valence-electron chi connectivity index (χ0n) is 13.0. The highest BCUT2D eigenvalue weighted by Gasteiger charge is 2.56. The average molecular weight is 317 g/mol. The van der Waals surface area contributed by atoms with E-state index < -0.39 is 0 Å². The predicted octanol–water partition coefficient (Wildman–Crippen LogP) is 3.19. The third kappa shape index (κ3) is 2.85. The van der Waals surface area contributed by atoms with Crippen molar-refractivity contribution in [3.05, 3.63) is 39.9 Å². The van der Waals surface area contributed by atoms with Crippen molar-refractivity contribution in [2.75, 3.05) is 13.1 Å². The Balaban J connectivity index is 1.50. The van der Waals surface area contributed by atoms with Crippen LogP contribution in [0, 0.1) is 12.3 Å². The molecule has 1 aliphatic heterocycles. The Kier molecular flexibility index (Phi) is 3.80. The highest BCUT2D eigenvalue weighted by atomic mass is 32.1. The van der Waals surface area contributed by atoms with Gasteiger partial charge in [0.1, 0.15) is 5.76 Å². The number of nitrogens with one attached hydrogen (secondary N) is 1. The summed E-state index contributed by atoms with van der Waals surface area (Å²) in [5.41, 5.74) is 3.03. The number of rotatable bonds is 5. The number of hydrogen-bond donors (Lipinski definition) is 1. The van der Waals surface area contributed by atoms with Gasteiger partial charge in [-0.05, 0) is 67.1 Å². The Morgan fingerprint density at radius 2 is 2.27 bits per heavy atom. The van der Waals surface area contributed by atoms with Crippen molar-refractivity contribution in [2.45, 2.75) is 45.3 Å². The lowest BCUT2D eigenvalue weighted by atomic mass is 9.93. The first-order chi connectivity index (χ1) is 10.8. The van der Waals surface area contributed by atoms with Crippen LogP contribution in [0.2, 0.25) is 0 Å². The first-order valence-electron chi connectivity index (χ1n) is 8.13. The summed E-state index contributed by atoms with van der Waals surface area (Å²) in [6.07, 6.45) is 3.97. The summed E-state index contributed by atoms with van der Waals surface area (Å²) >= 11 is 1.78. The molecule has 2 aromatic heterocycles. The van der Waals surface area contributed by atoms with Gasteiger partial charge >= 0.3 is 0 Å². The molecule has 22 heavy (non-hydrogen) atoms. The predicted molar refractivity (Wildman–Crippen MR) is 87.7 cm³/mol. The molecule has 2 aliphatic rings. The minimum absolute atomic E-state index is 0.556. The van der Waals surface area contributed by atoms with Gasteiger partial charge in [0.05, 0.1) is 5.69 Å². The fraction of sp³-hybridized carbons (Fsp3) is 0.588. The Morgan fingerprint density at radius 3 is 2.95 bits per heavy atom. The molecule has 3 heterocycles. The Bertz CT molecular complexity index is 616. The second-order valence-corrected chi connectivity index (χ2v) is 7.58. The average Bonchev–Trinajstić information content (AvgIpc) is 2.90. The topological polar surface area (TPSA) is 41.3 Å². The molecule has 1 spiro atoms. The van der Waals surface area contributed by atoms with Crippen LogP contribution in [0.4, 0.5) is 0 Å². The first kappa shape index (κ1) is 14.4. The molecule has 118 valence electrons. The van der Waals surface area contributed by atoms with Crippen molar-refractivity contribution >= 4 is 11.3 Å². The fourth-order valence-electron chi connectivity index (χ4n) is 3.90.